The standard InChI is InChI=1S/C7H7NO.C3H9N/c8-7(9)6-4-2-1-3-5-6;1-4(2)3/h1-5H,(H2,8,9);1-3H3. The zero-order valence-electron chi connectivity index (χ0n) is 8.32. The van der Waals surface area contributed by atoms with Crippen LogP contribution in [0.3, 0.4) is 0 Å². The molecule has 0 aliphatic heterocycles. The second-order valence-corrected chi connectivity index (χ2v) is 3.07. The van der Waals surface area contributed by atoms with Gasteiger partial charge in [-0.15, -0.1) is 0 Å². The Morgan fingerprint density at radius 2 is 1.54 bits per heavy atom. The number of hydrogen-bond donors (Lipinski definition) is 1. The van der Waals surface area contributed by atoms with Crippen LogP contribution in [0.1, 0.15) is 10.4 Å². The highest BCUT2D eigenvalue weighted by atomic mass is 16.1. The van der Waals surface area contributed by atoms with Crippen LogP contribution in [-0.2, 0) is 0 Å². The Bertz CT molecular complexity index is 242. The third kappa shape index (κ3) is 7.03. The largest absolute Gasteiger partial charge is 0.366 e. The monoisotopic (exact) mass is 180 g/mol. The van der Waals surface area contributed by atoms with Crippen LogP contribution in [0.2, 0.25) is 0 Å². The SMILES string of the molecule is CN(C)C.NC(=O)c1ccccc1. The third-order valence-corrected chi connectivity index (χ3v) is 1.06. The number of amides is 1. The first-order chi connectivity index (χ1) is 6.04. The lowest BCUT2D eigenvalue weighted by Crippen LogP contribution is -2.09. The molecule has 3 heteroatoms. The van der Waals surface area contributed by atoms with Gasteiger partial charge >= 0.3 is 0 Å². The highest BCUT2D eigenvalue weighted by Crippen LogP contribution is 1.94. The first kappa shape index (κ1) is 11.6. The van der Waals surface area contributed by atoms with Crippen molar-refractivity contribution < 1.29 is 4.79 Å². The molecular weight excluding hydrogens is 164 g/mol. The number of nitrogens with two attached hydrogens (primary N) is 1. The van der Waals surface area contributed by atoms with Crippen molar-refractivity contribution in [2.45, 2.75) is 0 Å². The molecule has 0 aliphatic carbocycles. The van der Waals surface area contributed by atoms with Crippen molar-refractivity contribution >= 4 is 5.91 Å². The Labute approximate surface area is 79.2 Å². The molecule has 72 valence electrons. The van der Waals surface area contributed by atoms with Crippen LogP contribution in [0.15, 0.2) is 30.3 Å². The van der Waals surface area contributed by atoms with Gasteiger partial charge in [-0.2, -0.15) is 0 Å². The van der Waals surface area contributed by atoms with Gasteiger partial charge < -0.3 is 10.6 Å². The van der Waals surface area contributed by atoms with Gasteiger partial charge in [0.15, 0.2) is 0 Å². The summed E-state index contributed by atoms with van der Waals surface area (Å²) in [5.74, 6) is -0.379. The minimum Gasteiger partial charge on any atom is -0.366 e. The van der Waals surface area contributed by atoms with E-state index in [1.54, 1.807) is 24.3 Å². The summed E-state index contributed by atoms with van der Waals surface area (Å²) in [5, 5.41) is 0. The van der Waals surface area contributed by atoms with Crippen LogP contribution in [0.5, 0.6) is 0 Å². The van der Waals surface area contributed by atoms with E-state index in [0.29, 0.717) is 5.56 Å². The van der Waals surface area contributed by atoms with Crippen molar-refractivity contribution in [1.29, 1.82) is 0 Å². The van der Waals surface area contributed by atoms with Crippen LogP contribution in [0.4, 0.5) is 0 Å². The average Bonchev–Trinajstić information content (AvgIpc) is 2.05. The quantitative estimate of drug-likeness (QED) is 0.699. The molecule has 0 unspecified atom stereocenters. The lowest BCUT2D eigenvalue weighted by Gasteiger charge is -1.90. The number of benzene rings is 1. The molecule has 1 aromatic rings. The molecule has 0 fully saturated rings. The second-order valence-electron chi connectivity index (χ2n) is 3.07. The molecule has 3 nitrogen and oxygen atoms in total. The van der Waals surface area contributed by atoms with Gasteiger partial charge in [0, 0.05) is 5.56 Å². The predicted octanol–water partition coefficient (Wildman–Crippen LogP) is 0.963. The van der Waals surface area contributed by atoms with Gasteiger partial charge in [-0.25, -0.2) is 0 Å². The van der Waals surface area contributed by atoms with Crippen LogP contribution < -0.4 is 5.73 Å². The molecule has 0 spiro atoms. The summed E-state index contributed by atoms with van der Waals surface area (Å²) >= 11 is 0. The van der Waals surface area contributed by atoms with Crippen molar-refractivity contribution in [1.82, 2.24) is 4.90 Å². The predicted molar refractivity (Wildman–Crippen MR) is 54.6 cm³/mol. The van der Waals surface area contributed by atoms with Crippen LogP contribution >= 0.6 is 0 Å². The summed E-state index contributed by atoms with van der Waals surface area (Å²) in [6.07, 6.45) is 0. The first-order valence-electron chi connectivity index (χ1n) is 4.00. The highest BCUT2D eigenvalue weighted by molar-refractivity contribution is 5.92. The molecule has 0 radical (unpaired) electrons. The first-order valence-corrected chi connectivity index (χ1v) is 4.00. The maximum Gasteiger partial charge on any atom is 0.248 e. The van der Waals surface area contributed by atoms with Gasteiger partial charge in [-0.05, 0) is 33.3 Å². The van der Waals surface area contributed by atoms with Gasteiger partial charge in [-0.3, -0.25) is 4.79 Å². The van der Waals surface area contributed by atoms with Gasteiger partial charge in [-0.1, -0.05) is 18.2 Å². The minimum atomic E-state index is -0.379. The molecule has 0 saturated carbocycles. The van der Waals surface area contributed by atoms with Crippen LogP contribution in [0, 0.1) is 0 Å². The summed E-state index contributed by atoms with van der Waals surface area (Å²) in [4.78, 5) is 12.4. The van der Waals surface area contributed by atoms with E-state index in [4.69, 9.17) is 5.73 Å². The van der Waals surface area contributed by atoms with Crippen molar-refractivity contribution in [3.8, 4) is 0 Å². The van der Waals surface area contributed by atoms with E-state index < -0.39 is 0 Å². The Hall–Kier alpha value is -1.35. The Morgan fingerprint density at radius 3 is 1.77 bits per heavy atom. The van der Waals surface area contributed by atoms with Crippen LogP contribution in [-0.4, -0.2) is 32.0 Å². The summed E-state index contributed by atoms with van der Waals surface area (Å²) < 4.78 is 0. The number of nitrogens with zero attached hydrogens (tertiary/aromatic N) is 1. The van der Waals surface area contributed by atoms with Gasteiger partial charge in [0.05, 0.1) is 0 Å². The molecule has 0 saturated heterocycles. The molecule has 0 heterocycles. The van der Waals surface area contributed by atoms with E-state index in [1.165, 1.54) is 0 Å². The summed E-state index contributed by atoms with van der Waals surface area (Å²) in [7, 11) is 6.00. The maximum atomic E-state index is 10.4. The van der Waals surface area contributed by atoms with Crippen molar-refractivity contribution in [2.75, 3.05) is 21.1 Å². The minimum absolute atomic E-state index is 0.379. The number of primary amides is 1. The molecule has 0 aliphatic rings. The van der Waals surface area contributed by atoms with E-state index in [2.05, 4.69) is 0 Å². The van der Waals surface area contributed by atoms with E-state index >= 15 is 0 Å². The second kappa shape index (κ2) is 6.20. The number of carbonyl (C=O) groups is 1. The molecule has 0 atom stereocenters. The zero-order chi connectivity index (χ0) is 10.3. The topological polar surface area (TPSA) is 46.3 Å². The lowest BCUT2D eigenvalue weighted by atomic mass is 10.2. The Balaban J connectivity index is 0.000000310. The molecule has 13 heavy (non-hydrogen) atoms. The highest BCUT2D eigenvalue weighted by Gasteiger charge is 1.93. The smallest absolute Gasteiger partial charge is 0.248 e. The van der Waals surface area contributed by atoms with E-state index in [0.717, 1.165) is 0 Å². The molecule has 0 aromatic heterocycles. The van der Waals surface area contributed by atoms with Crippen molar-refractivity contribution in [3.05, 3.63) is 35.9 Å². The summed E-state index contributed by atoms with van der Waals surface area (Å²) in [5.41, 5.74) is 5.53. The van der Waals surface area contributed by atoms with Gasteiger partial charge in [0.2, 0.25) is 5.91 Å². The molecule has 1 amide bonds. The molecular formula is C10H16N2O. The molecule has 1 aromatic carbocycles. The average molecular weight is 180 g/mol. The number of rotatable bonds is 1. The maximum absolute atomic E-state index is 10.4. The van der Waals surface area contributed by atoms with Crippen molar-refractivity contribution in [3.63, 3.8) is 0 Å². The molecule has 2 N–H and O–H groups in total. The Kier molecular flexibility index (Phi) is 5.55. The summed E-state index contributed by atoms with van der Waals surface area (Å²) in [6, 6.07) is 8.76. The third-order valence-electron chi connectivity index (χ3n) is 1.06. The Morgan fingerprint density at radius 1 is 1.15 bits per heavy atom. The van der Waals surface area contributed by atoms with Crippen molar-refractivity contribution in [2.24, 2.45) is 5.73 Å². The summed E-state index contributed by atoms with van der Waals surface area (Å²) in [6.45, 7) is 0. The molecule has 0 bridgehead atoms. The fraction of sp³-hybridized carbons (Fsp3) is 0.300. The van der Waals surface area contributed by atoms with E-state index in [-0.39, 0.29) is 5.91 Å². The van der Waals surface area contributed by atoms with Crippen LogP contribution in [0.25, 0.3) is 0 Å². The fourth-order valence-corrected chi connectivity index (χ4v) is 0.602. The van der Waals surface area contributed by atoms with Gasteiger partial charge in [0.25, 0.3) is 0 Å². The lowest BCUT2D eigenvalue weighted by molar-refractivity contribution is 0.100. The number of carbonyl (C=O) groups excluding carboxylic acids is 1. The fourth-order valence-electron chi connectivity index (χ4n) is 0.602. The normalized spacial score (nSPS) is 8.92. The number of hydrogen-bond acceptors (Lipinski definition) is 2. The van der Waals surface area contributed by atoms with E-state index in [9.17, 15) is 4.79 Å². The molecule has 1 rings (SSSR count). The zero-order valence-corrected chi connectivity index (χ0v) is 8.32. The van der Waals surface area contributed by atoms with E-state index in [1.807, 2.05) is 32.1 Å². The van der Waals surface area contributed by atoms with Gasteiger partial charge in [0.1, 0.15) is 0 Å².